The van der Waals surface area contributed by atoms with E-state index in [-0.39, 0.29) is 17.6 Å². The summed E-state index contributed by atoms with van der Waals surface area (Å²) >= 11 is 0. The summed E-state index contributed by atoms with van der Waals surface area (Å²) in [6.07, 6.45) is 1.64. The van der Waals surface area contributed by atoms with Crippen LogP contribution in [-0.2, 0) is 4.79 Å². The van der Waals surface area contributed by atoms with Crippen LogP contribution in [0.3, 0.4) is 0 Å². The van der Waals surface area contributed by atoms with Gasteiger partial charge < -0.3 is 9.64 Å². The number of hydrogen-bond donors (Lipinski definition) is 0. The minimum Gasteiger partial charge on any atom is -0.496 e. The molecule has 0 N–H and O–H groups in total. The number of nitrogens with zero attached hydrogens (tertiary/aromatic N) is 1. The molecule has 1 aromatic rings. The molecule has 0 aliphatic carbocycles. The van der Waals surface area contributed by atoms with Crippen molar-refractivity contribution < 1.29 is 13.9 Å². The lowest BCUT2D eigenvalue weighted by molar-refractivity contribution is -0.129. The molecule has 0 radical (unpaired) electrons. The lowest BCUT2D eigenvalue weighted by atomic mass is 9.88. The molecular formula is C15H20FNO2. The van der Waals surface area contributed by atoms with Gasteiger partial charge in [0.25, 0.3) is 0 Å². The summed E-state index contributed by atoms with van der Waals surface area (Å²) in [6.45, 7) is 4.93. The molecule has 19 heavy (non-hydrogen) atoms. The van der Waals surface area contributed by atoms with Gasteiger partial charge in [0, 0.05) is 26.1 Å². The third-order valence-corrected chi connectivity index (χ3v) is 3.89. The van der Waals surface area contributed by atoms with Crippen LogP contribution in [0.15, 0.2) is 12.1 Å². The first-order valence-corrected chi connectivity index (χ1v) is 6.62. The Bertz CT molecular complexity index is 479. The molecule has 0 spiro atoms. The van der Waals surface area contributed by atoms with Crippen LogP contribution in [0.4, 0.5) is 4.39 Å². The number of aryl methyl sites for hydroxylation is 1. The maximum absolute atomic E-state index is 14.1. The molecule has 1 aliphatic heterocycles. The molecule has 1 aromatic carbocycles. The van der Waals surface area contributed by atoms with E-state index in [4.69, 9.17) is 4.74 Å². The van der Waals surface area contributed by atoms with E-state index in [2.05, 4.69) is 0 Å². The SMILES string of the molecule is COc1cc(F)c(C2CCN(C(C)=O)CC2)cc1C. The Morgan fingerprint density at radius 2 is 2.00 bits per heavy atom. The molecule has 104 valence electrons. The van der Waals surface area contributed by atoms with Crippen molar-refractivity contribution in [3.63, 3.8) is 0 Å². The standard InChI is InChI=1S/C15H20FNO2/c1-10-8-13(14(16)9-15(10)19-3)12-4-6-17(7-5-12)11(2)18/h8-9,12H,4-7H2,1-3H3. The van der Waals surface area contributed by atoms with Crippen LogP contribution in [0.5, 0.6) is 5.75 Å². The fourth-order valence-electron chi connectivity index (χ4n) is 2.72. The third-order valence-electron chi connectivity index (χ3n) is 3.89. The van der Waals surface area contributed by atoms with Crippen molar-refractivity contribution in [2.24, 2.45) is 0 Å². The topological polar surface area (TPSA) is 29.5 Å². The Labute approximate surface area is 113 Å². The maximum atomic E-state index is 14.1. The molecule has 4 heteroatoms. The van der Waals surface area contributed by atoms with Crippen LogP contribution in [0.1, 0.15) is 36.8 Å². The van der Waals surface area contributed by atoms with Crippen molar-refractivity contribution in [1.29, 1.82) is 0 Å². The van der Waals surface area contributed by atoms with E-state index in [1.807, 2.05) is 17.9 Å². The summed E-state index contributed by atoms with van der Waals surface area (Å²) in [6, 6.07) is 3.34. The Hall–Kier alpha value is -1.58. The summed E-state index contributed by atoms with van der Waals surface area (Å²) in [7, 11) is 1.55. The second-order valence-corrected chi connectivity index (χ2v) is 5.12. The first-order valence-electron chi connectivity index (χ1n) is 6.62. The number of carbonyl (C=O) groups excluding carboxylic acids is 1. The van der Waals surface area contributed by atoms with Gasteiger partial charge in [0.1, 0.15) is 11.6 Å². The first-order chi connectivity index (χ1) is 9.02. The lowest BCUT2D eigenvalue weighted by Crippen LogP contribution is -2.36. The summed E-state index contributed by atoms with van der Waals surface area (Å²) in [5.74, 6) is 0.677. The number of halogens is 1. The Kier molecular flexibility index (Phi) is 4.08. The first kappa shape index (κ1) is 13.8. The predicted octanol–water partition coefficient (Wildman–Crippen LogP) is 2.87. The number of amides is 1. The molecule has 3 nitrogen and oxygen atoms in total. The average molecular weight is 265 g/mol. The average Bonchev–Trinajstić information content (AvgIpc) is 2.41. The summed E-state index contributed by atoms with van der Waals surface area (Å²) < 4.78 is 19.2. The van der Waals surface area contributed by atoms with Gasteiger partial charge in [-0.2, -0.15) is 0 Å². The van der Waals surface area contributed by atoms with E-state index in [0.29, 0.717) is 18.8 Å². The second kappa shape index (κ2) is 5.59. The zero-order chi connectivity index (χ0) is 14.0. The van der Waals surface area contributed by atoms with Crippen molar-refractivity contribution in [1.82, 2.24) is 4.90 Å². The van der Waals surface area contributed by atoms with E-state index in [0.717, 1.165) is 24.0 Å². The van der Waals surface area contributed by atoms with Crippen molar-refractivity contribution >= 4 is 5.91 Å². The van der Waals surface area contributed by atoms with E-state index in [1.54, 1.807) is 14.0 Å². The number of methoxy groups -OCH3 is 1. The van der Waals surface area contributed by atoms with Gasteiger partial charge in [-0.05, 0) is 42.9 Å². The molecule has 0 atom stereocenters. The highest BCUT2D eigenvalue weighted by atomic mass is 19.1. The quantitative estimate of drug-likeness (QED) is 0.823. The smallest absolute Gasteiger partial charge is 0.219 e. The Morgan fingerprint density at radius 3 is 2.53 bits per heavy atom. The van der Waals surface area contributed by atoms with Gasteiger partial charge in [-0.25, -0.2) is 4.39 Å². The van der Waals surface area contributed by atoms with Crippen LogP contribution in [0.25, 0.3) is 0 Å². The van der Waals surface area contributed by atoms with Gasteiger partial charge in [-0.15, -0.1) is 0 Å². The number of likely N-dealkylation sites (tertiary alicyclic amines) is 1. The second-order valence-electron chi connectivity index (χ2n) is 5.12. The largest absolute Gasteiger partial charge is 0.496 e. The van der Waals surface area contributed by atoms with Crippen molar-refractivity contribution in [3.8, 4) is 5.75 Å². The van der Waals surface area contributed by atoms with E-state index in [1.165, 1.54) is 6.07 Å². The minimum absolute atomic E-state index is 0.102. The highest BCUT2D eigenvalue weighted by Gasteiger charge is 2.24. The fraction of sp³-hybridized carbons (Fsp3) is 0.533. The summed E-state index contributed by atoms with van der Waals surface area (Å²) in [5.41, 5.74) is 1.70. The molecule has 1 saturated heterocycles. The van der Waals surface area contributed by atoms with Crippen LogP contribution in [0, 0.1) is 12.7 Å². The minimum atomic E-state index is -0.205. The highest BCUT2D eigenvalue weighted by molar-refractivity contribution is 5.73. The number of piperidine rings is 1. The molecule has 1 aliphatic rings. The Morgan fingerprint density at radius 1 is 1.37 bits per heavy atom. The van der Waals surface area contributed by atoms with Crippen LogP contribution in [-0.4, -0.2) is 31.0 Å². The maximum Gasteiger partial charge on any atom is 0.219 e. The number of rotatable bonds is 2. The molecule has 1 fully saturated rings. The van der Waals surface area contributed by atoms with E-state index in [9.17, 15) is 9.18 Å². The lowest BCUT2D eigenvalue weighted by Gasteiger charge is -2.31. The number of hydrogen-bond acceptors (Lipinski definition) is 2. The molecule has 1 amide bonds. The zero-order valence-corrected chi connectivity index (χ0v) is 11.7. The normalized spacial score (nSPS) is 16.5. The summed E-state index contributed by atoms with van der Waals surface area (Å²) in [4.78, 5) is 13.1. The van der Waals surface area contributed by atoms with Gasteiger partial charge in [-0.1, -0.05) is 0 Å². The van der Waals surface area contributed by atoms with Gasteiger partial charge in [0.05, 0.1) is 7.11 Å². The number of benzene rings is 1. The molecule has 0 aromatic heterocycles. The third kappa shape index (κ3) is 2.88. The van der Waals surface area contributed by atoms with Crippen molar-refractivity contribution in [2.45, 2.75) is 32.6 Å². The van der Waals surface area contributed by atoms with Gasteiger partial charge >= 0.3 is 0 Å². The van der Waals surface area contributed by atoms with Crippen molar-refractivity contribution in [2.75, 3.05) is 20.2 Å². The van der Waals surface area contributed by atoms with Crippen LogP contribution in [0.2, 0.25) is 0 Å². The monoisotopic (exact) mass is 265 g/mol. The van der Waals surface area contributed by atoms with Gasteiger partial charge in [0.15, 0.2) is 0 Å². The molecular weight excluding hydrogens is 245 g/mol. The molecule has 0 saturated carbocycles. The predicted molar refractivity (Wildman–Crippen MR) is 71.9 cm³/mol. The molecule has 1 heterocycles. The van der Waals surface area contributed by atoms with E-state index >= 15 is 0 Å². The van der Waals surface area contributed by atoms with Crippen LogP contribution >= 0.6 is 0 Å². The van der Waals surface area contributed by atoms with Crippen molar-refractivity contribution in [3.05, 3.63) is 29.1 Å². The molecule has 2 rings (SSSR count). The number of carbonyl (C=O) groups is 1. The molecule has 0 bridgehead atoms. The highest BCUT2D eigenvalue weighted by Crippen LogP contribution is 2.33. The van der Waals surface area contributed by atoms with Gasteiger partial charge in [0.2, 0.25) is 5.91 Å². The fourth-order valence-corrected chi connectivity index (χ4v) is 2.72. The Balaban J connectivity index is 2.15. The van der Waals surface area contributed by atoms with E-state index < -0.39 is 0 Å². The zero-order valence-electron chi connectivity index (χ0n) is 11.7. The molecule has 0 unspecified atom stereocenters. The van der Waals surface area contributed by atoms with Gasteiger partial charge in [-0.3, -0.25) is 4.79 Å². The van der Waals surface area contributed by atoms with Crippen LogP contribution < -0.4 is 4.74 Å². The number of ether oxygens (including phenoxy) is 1. The summed E-state index contributed by atoms with van der Waals surface area (Å²) in [5, 5.41) is 0.